The maximum absolute atomic E-state index is 13.3. The molecule has 0 heterocycles. The zero-order valence-corrected chi connectivity index (χ0v) is 14.2. The van der Waals surface area contributed by atoms with Gasteiger partial charge in [0.1, 0.15) is 17.3 Å². The molecule has 0 saturated carbocycles. The SMILES string of the molecule is COc1ccc(F)cc1C(=O)NNC(=O)COc1cc(C)cc(C)c1. The third-order valence-electron chi connectivity index (χ3n) is 3.29. The minimum atomic E-state index is -0.698. The molecule has 0 unspecified atom stereocenters. The predicted octanol–water partition coefficient (Wildman–Crippen LogP) is 2.29. The van der Waals surface area contributed by atoms with Crippen LogP contribution in [0, 0.1) is 19.7 Å². The summed E-state index contributed by atoms with van der Waals surface area (Å²) in [5.74, 6) is -1.08. The molecule has 0 spiro atoms. The lowest BCUT2D eigenvalue weighted by Gasteiger charge is -2.11. The number of ether oxygens (including phenoxy) is 2. The molecule has 0 radical (unpaired) electrons. The van der Waals surface area contributed by atoms with Gasteiger partial charge in [0.2, 0.25) is 0 Å². The Bertz CT molecular complexity index is 772. The van der Waals surface area contributed by atoms with Crippen molar-refractivity contribution in [3.05, 3.63) is 58.9 Å². The molecule has 0 aliphatic carbocycles. The maximum Gasteiger partial charge on any atom is 0.276 e. The zero-order valence-electron chi connectivity index (χ0n) is 14.2. The molecule has 2 N–H and O–H groups in total. The van der Waals surface area contributed by atoms with E-state index in [0.717, 1.165) is 17.2 Å². The summed E-state index contributed by atoms with van der Waals surface area (Å²) in [6, 6.07) is 9.11. The maximum atomic E-state index is 13.3. The molecule has 2 amide bonds. The minimum Gasteiger partial charge on any atom is -0.496 e. The van der Waals surface area contributed by atoms with Crippen molar-refractivity contribution in [1.82, 2.24) is 10.9 Å². The molecule has 2 rings (SSSR count). The molecule has 2 aromatic carbocycles. The third kappa shape index (κ3) is 5.20. The van der Waals surface area contributed by atoms with Crippen LogP contribution in [0.4, 0.5) is 4.39 Å². The molecule has 25 heavy (non-hydrogen) atoms. The highest BCUT2D eigenvalue weighted by Crippen LogP contribution is 2.19. The average Bonchev–Trinajstić information content (AvgIpc) is 2.57. The summed E-state index contributed by atoms with van der Waals surface area (Å²) in [6.07, 6.45) is 0. The van der Waals surface area contributed by atoms with E-state index in [2.05, 4.69) is 10.9 Å². The van der Waals surface area contributed by atoms with Crippen molar-refractivity contribution in [1.29, 1.82) is 0 Å². The second-order valence-corrected chi connectivity index (χ2v) is 5.46. The van der Waals surface area contributed by atoms with Gasteiger partial charge in [-0.2, -0.15) is 0 Å². The number of carbonyl (C=O) groups is 2. The van der Waals surface area contributed by atoms with E-state index < -0.39 is 17.6 Å². The summed E-state index contributed by atoms with van der Waals surface area (Å²) in [5, 5.41) is 0. The molecule has 0 aliphatic rings. The molecule has 7 heteroatoms. The highest BCUT2D eigenvalue weighted by Gasteiger charge is 2.14. The number of nitrogens with one attached hydrogen (secondary N) is 2. The van der Waals surface area contributed by atoms with E-state index in [4.69, 9.17) is 9.47 Å². The predicted molar refractivity (Wildman–Crippen MR) is 90.0 cm³/mol. The van der Waals surface area contributed by atoms with Gasteiger partial charge in [0.25, 0.3) is 11.8 Å². The Kier molecular flexibility index (Phi) is 5.94. The molecule has 0 saturated heterocycles. The first kappa shape index (κ1) is 18.3. The molecule has 6 nitrogen and oxygen atoms in total. The number of hydrogen-bond acceptors (Lipinski definition) is 4. The number of rotatable bonds is 5. The standard InChI is InChI=1S/C18H19FN2O4/c1-11-6-12(2)8-14(7-11)25-10-17(22)20-21-18(23)15-9-13(19)4-5-16(15)24-3/h4-9H,10H2,1-3H3,(H,20,22)(H,21,23). The topological polar surface area (TPSA) is 76.7 Å². The van der Waals surface area contributed by atoms with Gasteiger partial charge in [0.05, 0.1) is 12.7 Å². The van der Waals surface area contributed by atoms with E-state index in [-0.39, 0.29) is 17.9 Å². The Labute approximate surface area is 144 Å². The first-order valence-electron chi connectivity index (χ1n) is 7.53. The number of hydrogen-bond donors (Lipinski definition) is 2. The van der Waals surface area contributed by atoms with Gasteiger partial charge in [-0.25, -0.2) is 4.39 Å². The molecule has 132 valence electrons. The van der Waals surface area contributed by atoms with E-state index >= 15 is 0 Å². The van der Waals surface area contributed by atoms with Crippen LogP contribution in [0.25, 0.3) is 0 Å². The van der Waals surface area contributed by atoms with E-state index in [1.54, 1.807) is 12.1 Å². The summed E-state index contributed by atoms with van der Waals surface area (Å²) in [5.41, 5.74) is 6.41. The van der Waals surface area contributed by atoms with Gasteiger partial charge in [-0.15, -0.1) is 0 Å². The van der Waals surface area contributed by atoms with Crippen LogP contribution >= 0.6 is 0 Å². The van der Waals surface area contributed by atoms with Gasteiger partial charge in [-0.1, -0.05) is 6.07 Å². The number of halogens is 1. The Morgan fingerprint density at radius 2 is 1.72 bits per heavy atom. The zero-order chi connectivity index (χ0) is 18.4. The van der Waals surface area contributed by atoms with Crippen LogP contribution in [0.2, 0.25) is 0 Å². The van der Waals surface area contributed by atoms with Crippen LogP contribution in [0.1, 0.15) is 21.5 Å². The molecule has 0 bridgehead atoms. The first-order valence-corrected chi connectivity index (χ1v) is 7.53. The number of aryl methyl sites for hydroxylation is 2. The second-order valence-electron chi connectivity index (χ2n) is 5.46. The summed E-state index contributed by atoms with van der Waals surface area (Å²) in [4.78, 5) is 23.8. The normalized spacial score (nSPS) is 10.1. The van der Waals surface area contributed by atoms with Crippen LogP contribution in [0.15, 0.2) is 36.4 Å². The number of carbonyl (C=O) groups excluding carboxylic acids is 2. The average molecular weight is 346 g/mol. The fraction of sp³-hybridized carbons (Fsp3) is 0.222. The van der Waals surface area contributed by atoms with Crippen molar-refractivity contribution in [3.63, 3.8) is 0 Å². The van der Waals surface area contributed by atoms with E-state index in [9.17, 15) is 14.0 Å². The lowest BCUT2D eigenvalue weighted by Crippen LogP contribution is -2.44. The van der Waals surface area contributed by atoms with Gasteiger partial charge in [0, 0.05) is 0 Å². The Hall–Kier alpha value is -3.09. The van der Waals surface area contributed by atoms with E-state index in [1.807, 2.05) is 19.9 Å². The third-order valence-corrected chi connectivity index (χ3v) is 3.29. The largest absolute Gasteiger partial charge is 0.496 e. The van der Waals surface area contributed by atoms with Crippen molar-refractivity contribution in [2.24, 2.45) is 0 Å². The second kappa shape index (κ2) is 8.14. The number of amides is 2. The fourth-order valence-corrected chi connectivity index (χ4v) is 2.25. The van der Waals surface area contributed by atoms with E-state index in [0.29, 0.717) is 5.75 Å². The molecular formula is C18H19FN2O4. The van der Waals surface area contributed by atoms with Crippen LogP contribution < -0.4 is 20.3 Å². The number of hydrazine groups is 1. The molecule has 2 aromatic rings. The van der Waals surface area contributed by atoms with Crippen LogP contribution in [-0.4, -0.2) is 25.5 Å². The van der Waals surface area contributed by atoms with Crippen molar-refractivity contribution in [2.75, 3.05) is 13.7 Å². The quantitative estimate of drug-likeness (QED) is 0.815. The summed E-state index contributed by atoms with van der Waals surface area (Å²) < 4.78 is 23.6. The summed E-state index contributed by atoms with van der Waals surface area (Å²) in [7, 11) is 1.36. The van der Waals surface area contributed by atoms with Gasteiger partial charge in [0.15, 0.2) is 6.61 Å². The lowest BCUT2D eigenvalue weighted by molar-refractivity contribution is -0.123. The first-order chi connectivity index (χ1) is 11.9. The van der Waals surface area contributed by atoms with Crippen molar-refractivity contribution >= 4 is 11.8 Å². The van der Waals surface area contributed by atoms with Crippen molar-refractivity contribution in [2.45, 2.75) is 13.8 Å². The lowest BCUT2D eigenvalue weighted by atomic mass is 10.1. The van der Waals surface area contributed by atoms with Crippen LogP contribution in [-0.2, 0) is 4.79 Å². The Morgan fingerprint density at radius 3 is 2.36 bits per heavy atom. The van der Waals surface area contributed by atoms with Crippen molar-refractivity contribution < 1.29 is 23.5 Å². The summed E-state index contributed by atoms with van der Waals surface area (Å²) >= 11 is 0. The smallest absolute Gasteiger partial charge is 0.276 e. The van der Waals surface area contributed by atoms with Gasteiger partial charge >= 0.3 is 0 Å². The Morgan fingerprint density at radius 1 is 1.04 bits per heavy atom. The fourth-order valence-electron chi connectivity index (χ4n) is 2.25. The highest BCUT2D eigenvalue weighted by atomic mass is 19.1. The van der Waals surface area contributed by atoms with Crippen LogP contribution in [0.3, 0.4) is 0 Å². The number of methoxy groups -OCH3 is 1. The van der Waals surface area contributed by atoms with E-state index in [1.165, 1.54) is 19.2 Å². The monoisotopic (exact) mass is 346 g/mol. The summed E-state index contributed by atoms with van der Waals surface area (Å²) in [6.45, 7) is 3.57. The molecule has 0 aromatic heterocycles. The van der Waals surface area contributed by atoms with Gasteiger partial charge in [-0.05, 0) is 55.3 Å². The molecule has 0 aliphatic heterocycles. The van der Waals surface area contributed by atoms with Gasteiger partial charge < -0.3 is 9.47 Å². The molecule has 0 atom stereocenters. The minimum absolute atomic E-state index is 0.0296. The molecular weight excluding hydrogens is 327 g/mol. The Balaban J connectivity index is 1.89. The molecule has 0 fully saturated rings. The highest BCUT2D eigenvalue weighted by molar-refractivity contribution is 5.97. The van der Waals surface area contributed by atoms with Crippen LogP contribution in [0.5, 0.6) is 11.5 Å². The van der Waals surface area contributed by atoms with Crippen molar-refractivity contribution in [3.8, 4) is 11.5 Å². The van der Waals surface area contributed by atoms with Gasteiger partial charge in [-0.3, -0.25) is 20.4 Å². The number of benzene rings is 2.